The van der Waals surface area contributed by atoms with E-state index in [4.69, 9.17) is 25.8 Å². The average molecular weight is 417 g/mol. The zero-order valence-electron chi connectivity index (χ0n) is 15.7. The number of halogens is 1. The highest BCUT2D eigenvalue weighted by Crippen LogP contribution is 2.20. The Morgan fingerprint density at radius 2 is 1.86 bits per heavy atom. The zero-order valence-corrected chi connectivity index (χ0v) is 16.4. The lowest BCUT2D eigenvalue weighted by atomic mass is 10.2. The molecule has 0 saturated carbocycles. The Kier molecular flexibility index (Phi) is 6.13. The van der Waals surface area contributed by atoms with Crippen molar-refractivity contribution in [3.63, 3.8) is 0 Å². The van der Waals surface area contributed by atoms with E-state index in [-0.39, 0.29) is 22.5 Å². The molecule has 8 nitrogen and oxygen atoms in total. The first-order valence-corrected chi connectivity index (χ1v) is 9.02. The van der Waals surface area contributed by atoms with Crippen molar-refractivity contribution in [3.8, 4) is 5.75 Å². The van der Waals surface area contributed by atoms with E-state index in [0.29, 0.717) is 27.6 Å². The predicted molar refractivity (Wildman–Crippen MR) is 104 cm³/mol. The molecule has 0 unspecified atom stereocenters. The number of esters is 2. The van der Waals surface area contributed by atoms with E-state index in [2.05, 4.69) is 4.98 Å². The number of carbonyl (C=O) groups excluding carboxylic acids is 2. The summed E-state index contributed by atoms with van der Waals surface area (Å²) in [6, 6.07) is 10.8. The lowest BCUT2D eigenvalue weighted by Crippen LogP contribution is -2.38. The molecule has 0 aliphatic carbocycles. The van der Waals surface area contributed by atoms with E-state index in [1.165, 1.54) is 18.2 Å². The van der Waals surface area contributed by atoms with Crippen molar-refractivity contribution in [2.24, 2.45) is 0 Å². The molecule has 150 valence electrons. The number of carbonyl (C=O) groups is 2. The average Bonchev–Trinajstić information content (AvgIpc) is 2.72. The van der Waals surface area contributed by atoms with Gasteiger partial charge in [0, 0.05) is 5.02 Å². The van der Waals surface area contributed by atoms with Crippen LogP contribution in [0.2, 0.25) is 5.02 Å². The highest BCUT2D eigenvalue weighted by atomic mass is 35.5. The first-order valence-electron chi connectivity index (χ1n) is 8.64. The highest BCUT2D eigenvalue weighted by Gasteiger charge is 2.28. The summed E-state index contributed by atoms with van der Waals surface area (Å²) in [6.07, 6.45) is 0. The van der Waals surface area contributed by atoms with Crippen LogP contribution in [0.5, 0.6) is 5.75 Å². The molecular formula is C20H17ClN2O6. The monoisotopic (exact) mass is 416 g/mol. The van der Waals surface area contributed by atoms with Crippen molar-refractivity contribution in [2.45, 2.75) is 13.5 Å². The first-order chi connectivity index (χ1) is 13.9. The lowest BCUT2D eigenvalue weighted by molar-refractivity contribution is -0.581. The van der Waals surface area contributed by atoms with Gasteiger partial charge < -0.3 is 19.4 Å². The summed E-state index contributed by atoms with van der Waals surface area (Å²) in [5.74, 6) is -1.08. The highest BCUT2D eigenvalue weighted by molar-refractivity contribution is 6.30. The second kappa shape index (κ2) is 8.74. The maximum absolute atomic E-state index is 12.8. The van der Waals surface area contributed by atoms with Crippen LogP contribution in [-0.2, 0) is 16.1 Å². The molecule has 0 N–H and O–H groups in total. The van der Waals surface area contributed by atoms with E-state index in [1.54, 1.807) is 24.3 Å². The smallest absolute Gasteiger partial charge is 0.406 e. The number of methoxy groups -OCH3 is 1. The van der Waals surface area contributed by atoms with Crippen molar-refractivity contribution in [3.05, 3.63) is 69.6 Å². The summed E-state index contributed by atoms with van der Waals surface area (Å²) in [5, 5.41) is 13.3. The number of fused-ring (bicyclic) bond motifs is 1. The van der Waals surface area contributed by atoms with Crippen LogP contribution in [0, 0.1) is 5.21 Å². The molecule has 0 amide bonds. The van der Waals surface area contributed by atoms with E-state index >= 15 is 0 Å². The van der Waals surface area contributed by atoms with Gasteiger partial charge in [-0.05, 0) is 43.3 Å². The molecule has 0 saturated heterocycles. The molecule has 0 bridgehead atoms. The molecule has 0 aliphatic rings. The van der Waals surface area contributed by atoms with Crippen molar-refractivity contribution in [1.29, 1.82) is 0 Å². The number of benzene rings is 2. The molecular weight excluding hydrogens is 400 g/mol. The third kappa shape index (κ3) is 4.38. The van der Waals surface area contributed by atoms with Crippen molar-refractivity contribution < 1.29 is 28.5 Å². The van der Waals surface area contributed by atoms with Gasteiger partial charge in [0.1, 0.15) is 17.9 Å². The fourth-order valence-corrected chi connectivity index (χ4v) is 2.78. The topological polar surface area (TPSA) is 102 Å². The van der Waals surface area contributed by atoms with Crippen LogP contribution >= 0.6 is 11.6 Å². The normalized spacial score (nSPS) is 10.6. The summed E-state index contributed by atoms with van der Waals surface area (Å²) in [7, 11) is 1.15. The fraction of sp³-hybridized carbons (Fsp3) is 0.200. The summed E-state index contributed by atoms with van der Waals surface area (Å²) in [6.45, 7) is 1.84. The molecule has 0 aliphatic heterocycles. The van der Waals surface area contributed by atoms with E-state index in [0.717, 1.165) is 7.11 Å². The molecule has 1 heterocycles. The van der Waals surface area contributed by atoms with Gasteiger partial charge in [0.05, 0.1) is 25.3 Å². The Morgan fingerprint density at radius 1 is 1.14 bits per heavy atom. The number of nitrogens with zero attached hydrogens (tertiary/aromatic N) is 2. The standard InChI is InChI=1S/C20H17ClN2O6/c1-3-28-14-8-9-15-17(10-14)23(26)18(20(25)27-2)16(22-15)11-29-19(24)12-4-6-13(21)7-5-12/h4-10H,3,11H2,1-2H3. The third-order valence-corrected chi connectivity index (χ3v) is 4.26. The molecule has 2 aromatic carbocycles. The van der Waals surface area contributed by atoms with E-state index in [1.807, 2.05) is 6.92 Å². The van der Waals surface area contributed by atoms with Crippen LogP contribution in [0.4, 0.5) is 0 Å². The fourth-order valence-electron chi connectivity index (χ4n) is 2.65. The molecule has 1 aromatic heterocycles. The molecule has 0 fully saturated rings. The Bertz CT molecular complexity index is 1070. The van der Waals surface area contributed by atoms with Gasteiger partial charge in [-0.1, -0.05) is 11.6 Å². The van der Waals surface area contributed by atoms with E-state index in [9.17, 15) is 14.8 Å². The maximum Gasteiger partial charge on any atom is 0.406 e. The van der Waals surface area contributed by atoms with Gasteiger partial charge in [0.15, 0.2) is 5.69 Å². The van der Waals surface area contributed by atoms with Crippen LogP contribution < -0.4 is 9.47 Å². The first kappa shape index (κ1) is 20.3. The van der Waals surface area contributed by atoms with E-state index < -0.39 is 18.5 Å². The van der Waals surface area contributed by atoms with Gasteiger partial charge in [0.25, 0.3) is 0 Å². The largest absolute Gasteiger partial charge is 0.618 e. The summed E-state index contributed by atoms with van der Waals surface area (Å²) < 4.78 is 15.7. The number of rotatable bonds is 6. The minimum absolute atomic E-state index is 0.0224. The van der Waals surface area contributed by atoms with Gasteiger partial charge in [-0.15, -0.1) is 0 Å². The minimum Gasteiger partial charge on any atom is -0.618 e. The summed E-state index contributed by atoms with van der Waals surface area (Å²) in [4.78, 5) is 28.7. The zero-order chi connectivity index (χ0) is 21.0. The number of aromatic nitrogens is 2. The number of hydrogen-bond acceptors (Lipinski definition) is 7. The maximum atomic E-state index is 12.8. The van der Waals surface area contributed by atoms with Crippen molar-refractivity contribution in [2.75, 3.05) is 13.7 Å². The van der Waals surface area contributed by atoms with Crippen LogP contribution in [0.1, 0.15) is 33.5 Å². The third-order valence-electron chi connectivity index (χ3n) is 4.01. The predicted octanol–water partition coefficient (Wildman–Crippen LogP) is 3.06. The minimum atomic E-state index is -0.895. The van der Waals surface area contributed by atoms with Gasteiger partial charge in [0.2, 0.25) is 5.52 Å². The van der Waals surface area contributed by atoms with Crippen LogP contribution in [0.15, 0.2) is 42.5 Å². The molecule has 29 heavy (non-hydrogen) atoms. The molecule has 0 radical (unpaired) electrons. The van der Waals surface area contributed by atoms with Crippen LogP contribution in [-0.4, -0.2) is 30.6 Å². The van der Waals surface area contributed by atoms with Gasteiger partial charge in [-0.25, -0.2) is 14.6 Å². The van der Waals surface area contributed by atoms with Crippen molar-refractivity contribution in [1.82, 2.24) is 4.98 Å². The number of ether oxygens (including phenoxy) is 3. The van der Waals surface area contributed by atoms with Gasteiger partial charge in [-0.3, -0.25) is 0 Å². The summed E-state index contributed by atoms with van der Waals surface area (Å²) in [5.41, 5.74) is 0.326. The summed E-state index contributed by atoms with van der Waals surface area (Å²) >= 11 is 5.80. The number of hydrogen-bond donors (Lipinski definition) is 0. The van der Waals surface area contributed by atoms with Gasteiger partial charge >= 0.3 is 17.6 Å². The molecule has 0 spiro atoms. The molecule has 3 rings (SSSR count). The Hall–Kier alpha value is -3.39. The SMILES string of the molecule is CCOc1ccc2nc(COC(=O)c3ccc(Cl)cc3)c(C(=O)OC)[n+]([O-])c2c1. The second-order valence-corrected chi connectivity index (χ2v) is 6.30. The lowest BCUT2D eigenvalue weighted by Gasteiger charge is -2.12. The Labute approximate surface area is 171 Å². The Balaban J connectivity index is 1.97. The van der Waals surface area contributed by atoms with Gasteiger partial charge in [-0.2, -0.15) is 4.73 Å². The second-order valence-electron chi connectivity index (χ2n) is 5.86. The molecule has 0 atom stereocenters. The van der Waals surface area contributed by atoms with Crippen LogP contribution in [0.25, 0.3) is 11.0 Å². The van der Waals surface area contributed by atoms with Crippen LogP contribution in [0.3, 0.4) is 0 Å². The molecule has 9 heteroatoms. The quantitative estimate of drug-likeness (QED) is 0.345. The Morgan fingerprint density at radius 3 is 2.52 bits per heavy atom. The van der Waals surface area contributed by atoms with Crippen molar-refractivity contribution >= 4 is 34.6 Å². The molecule has 3 aromatic rings.